The Morgan fingerprint density at radius 2 is 1.67 bits per heavy atom. The van der Waals surface area contributed by atoms with Crippen LogP contribution in [0.2, 0.25) is 10.0 Å². The number of benzene rings is 3. The molecule has 2 amide bonds. The fourth-order valence-corrected chi connectivity index (χ4v) is 4.27. The molecule has 1 fully saturated rings. The molecule has 0 aromatic heterocycles. The van der Waals surface area contributed by atoms with Gasteiger partial charge in [0.15, 0.2) is 0 Å². The summed E-state index contributed by atoms with van der Waals surface area (Å²) in [7, 11) is 0. The Morgan fingerprint density at radius 3 is 2.33 bits per heavy atom. The first-order chi connectivity index (χ1) is 17.4. The topological polar surface area (TPSA) is 80.2 Å². The van der Waals surface area contributed by atoms with E-state index in [1.807, 2.05) is 43.3 Å². The smallest absolute Gasteiger partial charge is 0.245 e. The molecular weight excluding hydrogens is 501 g/mol. The van der Waals surface area contributed by atoms with Crippen LogP contribution in [0.5, 0.6) is 11.5 Å². The SMILES string of the molecule is CCOc1ccc(N2C[C@@H](C(=O)N/N=C\c3ccc(OCc4c(Cl)cccc4Cl)cc3)CC2=O)cc1. The number of hydrogen-bond donors (Lipinski definition) is 1. The van der Waals surface area contributed by atoms with Gasteiger partial charge < -0.3 is 14.4 Å². The van der Waals surface area contributed by atoms with E-state index in [1.54, 1.807) is 35.2 Å². The second-order valence-electron chi connectivity index (χ2n) is 8.12. The van der Waals surface area contributed by atoms with E-state index in [2.05, 4.69) is 10.5 Å². The molecule has 0 saturated carbocycles. The van der Waals surface area contributed by atoms with Crippen LogP contribution in [-0.2, 0) is 16.2 Å². The van der Waals surface area contributed by atoms with Gasteiger partial charge in [0, 0.05) is 34.3 Å². The van der Waals surface area contributed by atoms with Crippen molar-refractivity contribution < 1.29 is 19.1 Å². The molecule has 1 N–H and O–H groups in total. The molecule has 7 nitrogen and oxygen atoms in total. The lowest BCUT2D eigenvalue weighted by Crippen LogP contribution is -2.30. The van der Waals surface area contributed by atoms with Crippen LogP contribution in [0.1, 0.15) is 24.5 Å². The minimum Gasteiger partial charge on any atom is -0.494 e. The Hall–Kier alpha value is -3.55. The summed E-state index contributed by atoms with van der Waals surface area (Å²) in [6.45, 7) is 3.03. The van der Waals surface area contributed by atoms with Gasteiger partial charge in [-0.2, -0.15) is 5.10 Å². The Kier molecular flexibility index (Phi) is 8.46. The molecule has 4 rings (SSSR count). The van der Waals surface area contributed by atoms with Gasteiger partial charge in [-0.05, 0) is 73.2 Å². The highest BCUT2D eigenvalue weighted by atomic mass is 35.5. The van der Waals surface area contributed by atoms with Crippen molar-refractivity contribution in [3.63, 3.8) is 0 Å². The number of carbonyl (C=O) groups is 2. The molecule has 0 bridgehead atoms. The molecule has 1 aliphatic rings. The van der Waals surface area contributed by atoms with Gasteiger partial charge in [0.25, 0.3) is 0 Å². The van der Waals surface area contributed by atoms with Crippen molar-refractivity contribution in [2.75, 3.05) is 18.1 Å². The number of halogens is 2. The van der Waals surface area contributed by atoms with Crippen LogP contribution in [0.3, 0.4) is 0 Å². The fourth-order valence-electron chi connectivity index (χ4n) is 3.76. The van der Waals surface area contributed by atoms with E-state index in [4.69, 9.17) is 32.7 Å². The maximum atomic E-state index is 12.6. The van der Waals surface area contributed by atoms with Crippen LogP contribution in [-0.4, -0.2) is 31.2 Å². The lowest BCUT2D eigenvalue weighted by Gasteiger charge is -2.17. The Balaban J connectivity index is 1.27. The minimum absolute atomic E-state index is 0.100. The fraction of sp³-hybridized carbons (Fsp3) is 0.222. The molecule has 0 unspecified atom stereocenters. The molecule has 0 radical (unpaired) electrons. The average Bonchev–Trinajstić information content (AvgIpc) is 3.27. The highest BCUT2D eigenvalue weighted by Gasteiger charge is 2.35. The summed E-state index contributed by atoms with van der Waals surface area (Å²) in [4.78, 5) is 26.6. The molecule has 3 aromatic carbocycles. The van der Waals surface area contributed by atoms with Gasteiger partial charge in [0.05, 0.1) is 18.7 Å². The quantitative estimate of drug-likeness (QED) is 0.296. The van der Waals surface area contributed by atoms with Gasteiger partial charge in [-0.25, -0.2) is 5.43 Å². The number of rotatable bonds is 9. The molecule has 9 heteroatoms. The summed E-state index contributed by atoms with van der Waals surface area (Å²) >= 11 is 12.3. The molecule has 1 saturated heterocycles. The highest BCUT2D eigenvalue weighted by Crippen LogP contribution is 2.28. The molecule has 186 valence electrons. The molecule has 36 heavy (non-hydrogen) atoms. The zero-order valence-electron chi connectivity index (χ0n) is 19.6. The van der Waals surface area contributed by atoms with E-state index in [1.165, 1.54) is 6.21 Å². The molecule has 1 heterocycles. The number of anilines is 1. The Morgan fingerprint density at radius 1 is 1.03 bits per heavy atom. The normalized spacial score (nSPS) is 15.4. The Bertz CT molecular complexity index is 1230. The van der Waals surface area contributed by atoms with E-state index in [0.29, 0.717) is 28.9 Å². The molecule has 1 aliphatic heterocycles. The summed E-state index contributed by atoms with van der Waals surface area (Å²) in [5, 5.41) is 5.14. The Labute approximate surface area is 219 Å². The predicted molar refractivity (Wildman–Crippen MR) is 141 cm³/mol. The van der Waals surface area contributed by atoms with Gasteiger partial charge in [-0.1, -0.05) is 29.3 Å². The lowest BCUT2D eigenvalue weighted by molar-refractivity contribution is -0.126. The van der Waals surface area contributed by atoms with Crippen molar-refractivity contribution >= 4 is 46.9 Å². The lowest BCUT2D eigenvalue weighted by atomic mass is 10.1. The van der Waals surface area contributed by atoms with Crippen LogP contribution in [0.25, 0.3) is 0 Å². The maximum Gasteiger partial charge on any atom is 0.245 e. The van der Waals surface area contributed by atoms with Crippen LogP contribution < -0.4 is 19.8 Å². The van der Waals surface area contributed by atoms with E-state index >= 15 is 0 Å². The van der Waals surface area contributed by atoms with Gasteiger partial charge in [-0.15, -0.1) is 0 Å². The van der Waals surface area contributed by atoms with Crippen molar-refractivity contribution in [3.05, 3.63) is 87.9 Å². The summed E-state index contributed by atoms with van der Waals surface area (Å²) in [6, 6.07) is 19.8. The first-order valence-electron chi connectivity index (χ1n) is 11.5. The summed E-state index contributed by atoms with van der Waals surface area (Å²) < 4.78 is 11.2. The van der Waals surface area contributed by atoms with E-state index in [0.717, 1.165) is 22.6 Å². The van der Waals surface area contributed by atoms with Crippen LogP contribution in [0.4, 0.5) is 5.69 Å². The van der Waals surface area contributed by atoms with Crippen molar-refractivity contribution in [1.82, 2.24) is 5.43 Å². The number of nitrogens with one attached hydrogen (secondary N) is 1. The first-order valence-corrected chi connectivity index (χ1v) is 12.2. The number of nitrogens with zero attached hydrogens (tertiary/aromatic N) is 2. The van der Waals surface area contributed by atoms with Crippen molar-refractivity contribution in [1.29, 1.82) is 0 Å². The number of amides is 2. The largest absolute Gasteiger partial charge is 0.494 e. The van der Waals surface area contributed by atoms with Crippen LogP contribution in [0, 0.1) is 5.92 Å². The van der Waals surface area contributed by atoms with Gasteiger partial charge in [0.1, 0.15) is 18.1 Å². The number of carbonyl (C=O) groups excluding carboxylic acids is 2. The van der Waals surface area contributed by atoms with Gasteiger partial charge in [-0.3, -0.25) is 9.59 Å². The third kappa shape index (κ3) is 6.36. The molecule has 1 atom stereocenters. The van der Waals surface area contributed by atoms with Gasteiger partial charge in [0.2, 0.25) is 11.8 Å². The standard InChI is InChI=1S/C27H25Cl2N3O4/c1-2-35-21-12-8-20(9-13-21)32-16-19(14-26(32)33)27(34)31-30-15-18-6-10-22(11-7-18)36-17-23-24(28)4-3-5-25(23)29/h3-13,15,19H,2,14,16-17H2,1H3,(H,31,34)/b30-15-/t19-/m0/s1. The summed E-state index contributed by atoms with van der Waals surface area (Å²) in [5.41, 5.74) is 4.77. The van der Waals surface area contributed by atoms with E-state index in [9.17, 15) is 9.59 Å². The minimum atomic E-state index is -0.478. The third-order valence-corrected chi connectivity index (χ3v) is 6.38. The van der Waals surface area contributed by atoms with Crippen molar-refractivity contribution in [2.45, 2.75) is 20.0 Å². The highest BCUT2D eigenvalue weighted by molar-refractivity contribution is 6.35. The molecule has 3 aromatic rings. The van der Waals surface area contributed by atoms with Crippen LogP contribution >= 0.6 is 23.2 Å². The molecule has 0 aliphatic carbocycles. The molecule has 0 spiro atoms. The summed E-state index contributed by atoms with van der Waals surface area (Å²) in [6.07, 6.45) is 1.67. The number of hydrogen-bond acceptors (Lipinski definition) is 5. The van der Waals surface area contributed by atoms with Crippen molar-refractivity contribution in [2.24, 2.45) is 11.0 Å². The van der Waals surface area contributed by atoms with Gasteiger partial charge >= 0.3 is 0 Å². The second kappa shape index (κ2) is 11.9. The monoisotopic (exact) mass is 525 g/mol. The number of hydrazone groups is 1. The average molecular weight is 526 g/mol. The third-order valence-electron chi connectivity index (χ3n) is 5.67. The number of ether oxygens (including phenoxy) is 2. The van der Waals surface area contributed by atoms with Crippen molar-refractivity contribution in [3.8, 4) is 11.5 Å². The maximum absolute atomic E-state index is 12.6. The summed E-state index contributed by atoms with van der Waals surface area (Å²) in [5.74, 6) is 0.502. The van der Waals surface area contributed by atoms with Crippen LogP contribution in [0.15, 0.2) is 71.8 Å². The van der Waals surface area contributed by atoms with E-state index < -0.39 is 5.92 Å². The zero-order valence-corrected chi connectivity index (χ0v) is 21.1. The second-order valence-corrected chi connectivity index (χ2v) is 8.94. The van der Waals surface area contributed by atoms with E-state index in [-0.39, 0.29) is 24.8 Å². The predicted octanol–water partition coefficient (Wildman–Crippen LogP) is 5.47. The zero-order chi connectivity index (χ0) is 25.5. The first kappa shape index (κ1) is 25.5. The molecular formula is C27H25Cl2N3O4.